The van der Waals surface area contributed by atoms with Crippen LogP contribution in [0, 0.1) is 0 Å². The highest BCUT2D eigenvalue weighted by Gasteiger charge is 2.12. The fourth-order valence-corrected chi connectivity index (χ4v) is 2.60. The molecular weight excluding hydrogens is 276 g/mol. The second-order valence-electron chi connectivity index (χ2n) is 5.55. The molecule has 2 heterocycles. The van der Waals surface area contributed by atoms with Gasteiger partial charge in [0.05, 0.1) is 5.69 Å². The van der Waals surface area contributed by atoms with Crippen molar-refractivity contribution in [2.24, 2.45) is 0 Å². The van der Waals surface area contributed by atoms with Crippen molar-refractivity contribution in [3.05, 3.63) is 23.9 Å². The van der Waals surface area contributed by atoms with E-state index >= 15 is 0 Å². The van der Waals surface area contributed by atoms with E-state index in [1.807, 2.05) is 0 Å². The lowest BCUT2D eigenvalue weighted by atomic mass is 10.0. The fraction of sp³-hybridized carbons (Fsp3) is 0.625. The van der Waals surface area contributed by atoms with Gasteiger partial charge < -0.3 is 5.73 Å². The van der Waals surface area contributed by atoms with Crippen LogP contribution in [0.4, 0.5) is 5.82 Å². The fourth-order valence-electron chi connectivity index (χ4n) is 2.60. The Morgan fingerprint density at radius 1 is 1.05 bits per heavy atom. The molecule has 2 aromatic heterocycles. The van der Waals surface area contributed by atoms with Crippen LogP contribution in [0.25, 0.3) is 5.95 Å². The Morgan fingerprint density at radius 3 is 2.50 bits per heavy atom. The molecule has 0 aromatic carbocycles. The minimum atomic E-state index is 0.499. The van der Waals surface area contributed by atoms with E-state index in [-0.39, 0.29) is 0 Å². The molecule has 0 spiro atoms. The predicted octanol–water partition coefficient (Wildman–Crippen LogP) is 3.10. The molecule has 0 bridgehead atoms. The maximum absolute atomic E-state index is 6.15. The van der Waals surface area contributed by atoms with E-state index in [2.05, 4.69) is 33.9 Å². The van der Waals surface area contributed by atoms with E-state index in [1.165, 1.54) is 38.4 Å². The van der Waals surface area contributed by atoms with Crippen LogP contribution in [0.15, 0.2) is 12.7 Å². The molecule has 2 rings (SSSR count). The number of aromatic nitrogens is 5. The summed E-state index contributed by atoms with van der Waals surface area (Å²) in [4.78, 5) is 12.9. The Labute approximate surface area is 132 Å². The molecule has 0 radical (unpaired) electrons. The molecule has 0 unspecified atom stereocenters. The molecule has 6 heteroatoms. The SMILES string of the molecule is CCCCCCCCc1c(N)nc(-n2cncn2)nc1CC. The number of hydrogen-bond donors (Lipinski definition) is 1. The van der Waals surface area contributed by atoms with Crippen molar-refractivity contribution in [2.45, 2.75) is 65.2 Å². The first-order valence-corrected chi connectivity index (χ1v) is 8.26. The molecule has 0 saturated heterocycles. The maximum atomic E-state index is 6.15. The topological polar surface area (TPSA) is 82.5 Å². The molecule has 0 saturated carbocycles. The molecule has 6 nitrogen and oxygen atoms in total. The number of rotatable bonds is 9. The van der Waals surface area contributed by atoms with Crippen molar-refractivity contribution in [3.8, 4) is 5.95 Å². The van der Waals surface area contributed by atoms with Crippen LogP contribution >= 0.6 is 0 Å². The lowest BCUT2D eigenvalue weighted by molar-refractivity contribution is 0.605. The van der Waals surface area contributed by atoms with Gasteiger partial charge in [-0.15, -0.1) is 0 Å². The van der Waals surface area contributed by atoms with E-state index in [4.69, 9.17) is 5.73 Å². The molecule has 2 N–H and O–H groups in total. The zero-order valence-electron chi connectivity index (χ0n) is 13.6. The minimum absolute atomic E-state index is 0.499. The van der Waals surface area contributed by atoms with Gasteiger partial charge in [0.15, 0.2) is 0 Å². The van der Waals surface area contributed by atoms with Crippen molar-refractivity contribution in [3.63, 3.8) is 0 Å². The monoisotopic (exact) mass is 302 g/mol. The van der Waals surface area contributed by atoms with Gasteiger partial charge >= 0.3 is 0 Å². The quantitative estimate of drug-likeness (QED) is 0.720. The molecule has 0 aliphatic heterocycles. The lowest BCUT2D eigenvalue weighted by Gasteiger charge is -2.11. The van der Waals surface area contributed by atoms with Gasteiger partial charge in [0, 0.05) is 5.56 Å². The van der Waals surface area contributed by atoms with Gasteiger partial charge in [0.2, 0.25) is 0 Å². The van der Waals surface area contributed by atoms with Gasteiger partial charge in [-0.2, -0.15) is 14.8 Å². The molecule has 120 valence electrons. The van der Waals surface area contributed by atoms with Crippen LogP contribution in [0.2, 0.25) is 0 Å². The highest BCUT2D eigenvalue weighted by atomic mass is 15.4. The Morgan fingerprint density at radius 2 is 1.82 bits per heavy atom. The second-order valence-corrected chi connectivity index (χ2v) is 5.55. The van der Waals surface area contributed by atoms with Crippen molar-refractivity contribution < 1.29 is 0 Å². The smallest absolute Gasteiger partial charge is 0.254 e. The summed E-state index contributed by atoms with van der Waals surface area (Å²) < 4.78 is 1.55. The third kappa shape index (κ3) is 4.26. The van der Waals surface area contributed by atoms with E-state index < -0.39 is 0 Å². The standard InChI is InChI=1S/C16H26N6/c1-3-5-6-7-8-9-10-13-14(4-2)20-16(21-15(13)17)22-12-18-11-19-22/h11-12H,3-10H2,1-2H3,(H2,17,20,21). The zero-order valence-corrected chi connectivity index (χ0v) is 13.6. The molecule has 0 aliphatic carbocycles. The first-order valence-electron chi connectivity index (χ1n) is 8.26. The summed E-state index contributed by atoms with van der Waals surface area (Å²) in [5, 5.41) is 4.06. The van der Waals surface area contributed by atoms with Crippen LogP contribution in [0.1, 0.15) is 63.6 Å². The molecule has 0 aliphatic rings. The second kappa shape index (κ2) is 8.46. The Balaban J connectivity index is 2.01. The van der Waals surface area contributed by atoms with E-state index in [1.54, 1.807) is 11.0 Å². The first kappa shape index (κ1) is 16.4. The zero-order chi connectivity index (χ0) is 15.8. The van der Waals surface area contributed by atoms with E-state index in [0.717, 1.165) is 30.5 Å². The maximum Gasteiger partial charge on any atom is 0.254 e. The third-order valence-electron chi connectivity index (χ3n) is 3.85. The molecule has 0 fully saturated rings. The van der Waals surface area contributed by atoms with Crippen LogP contribution in [-0.4, -0.2) is 24.7 Å². The highest BCUT2D eigenvalue weighted by Crippen LogP contribution is 2.19. The molecule has 0 atom stereocenters. The minimum Gasteiger partial charge on any atom is -0.383 e. The van der Waals surface area contributed by atoms with Crippen molar-refractivity contribution in [1.29, 1.82) is 0 Å². The summed E-state index contributed by atoms with van der Waals surface area (Å²) in [6.07, 6.45) is 12.5. The van der Waals surface area contributed by atoms with Crippen molar-refractivity contribution in [2.75, 3.05) is 5.73 Å². The van der Waals surface area contributed by atoms with Crippen LogP contribution < -0.4 is 5.73 Å². The number of anilines is 1. The summed E-state index contributed by atoms with van der Waals surface area (Å²) in [6, 6.07) is 0. The summed E-state index contributed by atoms with van der Waals surface area (Å²) in [5.74, 6) is 1.07. The molecular formula is C16H26N6. The number of nitrogen functional groups attached to an aromatic ring is 1. The third-order valence-corrected chi connectivity index (χ3v) is 3.85. The normalized spacial score (nSPS) is 11.0. The number of nitrogens with zero attached hydrogens (tertiary/aromatic N) is 5. The number of aryl methyl sites for hydroxylation is 1. The number of unbranched alkanes of at least 4 members (excludes halogenated alkanes) is 5. The van der Waals surface area contributed by atoms with Gasteiger partial charge in [0.25, 0.3) is 5.95 Å². The lowest BCUT2D eigenvalue weighted by Crippen LogP contribution is -2.11. The highest BCUT2D eigenvalue weighted by molar-refractivity contribution is 5.44. The molecule has 22 heavy (non-hydrogen) atoms. The summed E-state index contributed by atoms with van der Waals surface area (Å²) in [5.41, 5.74) is 8.27. The van der Waals surface area contributed by atoms with Crippen LogP contribution in [0.3, 0.4) is 0 Å². The summed E-state index contributed by atoms with van der Waals surface area (Å²) >= 11 is 0. The van der Waals surface area contributed by atoms with Crippen molar-refractivity contribution in [1.82, 2.24) is 24.7 Å². The summed E-state index contributed by atoms with van der Waals surface area (Å²) in [7, 11) is 0. The van der Waals surface area contributed by atoms with Crippen molar-refractivity contribution >= 4 is 5.82 Å². The Bertz CT molecular complexity index is 564. The van der Waals surface area contributed by atoms with Gasteiger partial charge in [-0.3, -0.25) is 0 Å². The average molecular weight is 302 g/mol. The summed E-state index contributed by atoms with van der Waals surface area (Å²) in [6.45, 7) is 4.33. The predicted molar refractivity (Wildman–Crippen MR) is 87.8 cm³/mol. The van der Waals surface area contributed by atoms with Crippen LogP contribution in [-0.2, 0) is 12.8 Å². The Kier molecular flexibility index (Phi) is 6.30. The van der Waals surface area contributed by atoms with Gasteiger partial charge in [-0.05, 0) is 19.3 Å². The largest absolute Gasteiger partial charge is 0.383 e. The molecule has 2 aromatic rings. The first-order chi connectivity index (χ1) is 10.8. The average Bonchev–Trinajstić information content (AvgIpc) is 3.06. The van der Waals surface area contributed by atoms with Gasteiger partial charge in [-0.1, -0.05) is 46.0 Å². The van der Waals surface area contributed by atoms with E-state index in [9.17, 15) is 0 Å². The molecule has 0 amide bonds. The number of hydrogen-bond acceptors (Lipinski definition) is 5. The van der Waals surface area contributed by atoms with Crippen LogP contribution in [0.5, 0.6) is 0 Å². The number of nitrogens with two attached hydrogens (primary N) is 1. The van der Waals surface area contributed by atoms with Gasteiger partial charge in [0.1, 0.15) is 18.5 Å². The van der Waals surface area contributed by atoms with E-state index in [0.29, 0.717) is 11.8 Å². The Hall–Kier alpha value is -1.98. The van der Waals surface area contributed by atoms with Gasteiger partial charge in [-0.25, -0.2) is 9.97 Å².